The lowest BCUT2D eigenvalue weighted by atomic mass is 9.72. The Labute approximate surface area is 399 Å². The zero-order chi connectivity index (χ0) is 46.9. The number of piperazine rings is 1. The maximum Gasteiger partial charge on any atom is 0.297 e. The van der Waals surface area contributed by atoms with Gasteiger partial charge in [0.05, 0.1) is 46.4 Å². The van der Waals surface area contributed by atoms with Crippen molar-refractivity contribution in [2.45, 2.75) is 62.6 Å². The predicted molar refractivity (Wildman–Crippen MR) is 260 cm³/mol. The monoisotopic (exact) mass is 963 g/mol. The lowest BCUT2D eigenvalue weighted by Gasteiger charge is -2.39. The second-order valence-electron chi connectivity index (χ2n) is 19.6. The van der Waals surface area contributed by atoms with Crippen molar-refractivity contribution in [1.82, 2.24) is 24.5 Å². The average Bonchev–Trinajstić information content (AvgIpc) is 4.09. The van der Waals surface area contributed by atoms with Gasteiger partial charge in [0, 0.05) is 86.3 Å². The van der Waals surface area contributed by atoms with Crippen LogP contribution in [0.4, 0.5) is 28.4 Å². The van der Waals surface area contributed by atoms with Crippen LogP contribution in [0.15, 0.2) is 83.4 Å². The zero-order valence-corrected chi connectivity index (χ0v) is 39.6. The third kappa shape index (κ3) is 8.72. The highest BCUT2D eigenvalue weighted by atomic mass is 35.5. The molecule has 11 rings (SSSR count). The summed E-state index contributed by atoms with van der Waals surface area (Å²) in [6, 6.07) is 19.7. The molecule has 0 radical (unpaired) electrons. The SMILES string of the molecule is CC1(C)CCC(CN2CCN(c3ccc(C(=O)NS(=O)(=O)c4cc5c(c([N+](=O)[O-])c4)N[C@H](CN4C[C@@H]6C[C@H]4CO6)CO5)c(N4CCOc5nc6[nH]ccc6cc54)c3)CC2)=C(c2ccc(Cl)cc2)C1. The molecule has 5 aliphatic heterocycles. The molecule has 17 nitrogen and oxygen atoms in total. The van der Waals surface area contributed by atoms with Crippen LogP contribution in [0.1, 0.15) is 55.5 Å². The number of nitro groups is 1. The number of carbonyl (C=O) groups is 1. The molecule has 3 aromatic carbocycles. The van der Waals surface area contributed by atoms with Gasteiger partial charge in [0.2, 0.25) is 5.88 Å². The van der Waals surface area contributed by atoms with Gasteiger partial charge in [-0.15, -0.1) is 0 Å². The van der Waals surface area contributed by atoms with Gasteiger partial charge in [0.25, 0.3) is 21.6 Å². The van der Waals surface area contributed by atoms with Gasteiger partial charge in [-0.05, 0) is 84.7 Å². The number of H-pyrrole nitrogens is 1. The number of halogens is 1. The average molecular weight is 965 g/mol. The summed E-state index contributed by atoms with van der Waals surface area (Å²) in [6.07, 6.45) is 6.14. The van der Waals surface area contributed by atoms with Crippen molar-refractivity contribution in [2.24, 2.45) is 5.41 Å². The molecule has 0 spiro atoms. The molecule has 1 aliphatic carbocycles. The minimum Gasteiger partial charge on any atom is -0.489 e. The fourth-order valence-electron chi connectivity index (χ4n) is 10.8. The summed E-state index contributed by atoms with van der Waals surface area (Å²) in [5, 5.41) is 17.3. The van der Waals surface area contributed by atoms with E-state index in [-0.39, 0.29) is 47.8 Å². The first-order chi connectivity index (χ1) is 32.7. The molecule has 68 heavy (non-hydrogen) atoms. The minimum absolute atomic E-state index is 0.0228. The molecule has 356 valence electrons. The van der Waals surface area contributed by atoms with E-state index in [1.54, 1.807) is 12.3 Å². The van der Waals surface area contributed by atoms with E-state index >= 15 is 0 Å². The van der Waals surface area contributed by atoms with Crippen molar-refractivity contribution < 1.29 is 32.3 Å². The highest BCUT2D eigenvalue weighted by Crippen LogP contribution is 2.45. The summed E-state index contributed by atoms with van der Waals surface area (Å²) in [7, 11) is -4.66. The van der Waals surface area contributed by atoms with E-state index in [4.69, 9.17) is 30.8 Å². The van der Waals surface area contributed by atoms with Gasteiger partial charge in [-0.3, -0.25) is 24.7 Å². The summed E-state index contributed by atoms with van der Waals surface area (Å²) in [4.78, 5) is 42.7. The smallest absolute Gasteiger partial charge is 0.297 e. The third-order valence-corrected chi connectivity index (χ3v) is 16.0. The summed E-state index contributed by atoms with van der Waals surface area (Å²) < 4.78 is 48.3. The Kier molecular flexibility index (Phi) is 11.5. The van der Waals surface area contributed by atoms with E-state index in [1.165, 1.54) is 22.8 Å². The summed E-state index contributed by atoms with van der Waals surface area (Å²) >= 11 is 6.28. The van der Waals surface area contributed by atoms with Crippen LogP contribution < -0.4 is 29.3 Å². The van der Waals surface area contributed by atoms with Gasteiger partial charge in [0.1, 0.15) is 24.5 Å². The molecular weight excluding hydrogens is 910 g/mol. The Morgan fingerprint density at radius 1 is 1.00 bits per heavy atom. The van der Waals surface area contributed by atoms with Gasteiger partial charge < -0.3 is 34.3 Å². The van der Waals surface area contributed by atoms with Gasteiger partial charge in [-0.1, -0.05) is 43.2 Å². The molecule has 7 heterocycles. The maximum absolute atomic E-state index is 14.5. The quantitative estimate of drug-likeness (QED) is 0.0891. The molecule has 3 N–H and O–H groups in total. The topological polar surface area (TPSA) is 188 Å². The number of pyridine rings is 1. The third-order valence-electron chi connectivity index (χ3n) is 14.4. The van der Waals surface area contributed by atoms with E-state index in [0.29, 0.717) is 48.6 Å². The van der Waals surface area contributed by atoms with E-state index < -0.39 is 31.4 Å². The number of morpholine rings is 1. The molecule has 3 saturated heterocycles. The number of rotatable bonds is 11. The van der Waals surface area contributed by atoms with Crippen LogP contribution in [-0.2, 0) is 14.8 Å². The molecule has 3 atom stereocenters. The second-order valence-corrected chi connectivity index (χ2v) is 21.7. The Morgan fingerprint density at radius 2 is 1.82 bits per heavy atom. The number of hydrogen-bond donors (Lipinski definition) is 3. The maximum atomic E-state index is 14.5. The van der Waals surface area contributed by atoms with Crippen molar-refractivity contribution in [3.63, 3.8) is 0 Å². The molecule has 19 heteroatoms. The van der Waals surface area contributed by atoms with Crippen LogP contribution in [0.5, 0.6) is 11.6 Å². The first kappa shape index (κ1) is 44.6. The van der Waals surface area contributed by atoms with Crippen LogP contribution >= 0.6 is 11.6 Å². The number of likely N-dealkylation sites (tertiary alicyclic amines) is 1. The fourth-order valence-corrected chi connectivity index (χ4v) is 11.9. The van der Waals surface area contributed by atoms with E-state index in [1.807, 2.05) is 41.3 Å². The molecule has 3 fully saturated rings. The summed E-state index contributed by atoms with van der Waals surface area (Å²) in [5.41, 5.74) is 6.69. The van der Waals surface area contributed by atoms with Crippen molar-refractivity contribution >= 4 is 72.6 Å². The molecular formula is C49H54ClN9O8S. The number of nitro benzene ring substituents is 1. The van der Waals surface area contributed by atoms with E-state index in [9.17, 15) is 23.3 Å². The zero-order valence-electron chi connectivity index (χ0n) is 38.0. The van der Waals surface area contributed by atoms with E-state index in [0.717, 1.165) is 87.1 Å². The molecule has 5 aromatic rings. The number of nitrogens with zero attached hydrogens (tertiary/aromatic N) is 6. The Bertz CT molecular complexity index is 2950. The Balaban J connectivity index is 0.857. The summed E-state index contributed by atoms with van der Waals surface area (Å²) in [5.74, 6) is -0.500. The number of fused-ring (bicyclic) bond motifs is 5. The highest BCUT2D eigenvalue weighted by molar-refractivity contribution is 7.90. The molecule has 1 amide bonds. The largest absolute Gasteiger partial charge is 0.489 e. The minimum atomic E-state index is -4.66. The molecule has 0 saturated carbocycles. The number of allylic oxidation sites excluding steroid dienone is 1. The number of benzene rings is 3. The van der Waals surface area contributed by atoms with Crippen molar-refractivity contribution in [1.29, 1.82) is 0 Å². The number of sulfonamides is 1. The number of carbonyl (C=O) groups excluding carboxylic acids is 1. The van der Waals surface area contributed by atoms with Gasteiger partial charge in [-0.25, -0.2) is 13.1 Å². The van der Waals surface area contributed by atoms with Crippen molar-refractivity contribution in [3.8, 4) is 11.6 Å². The van der Waals surface area contributed by atoms with E-state index in [2.05, 4.69) is 55.7 Å². The number of hydrogen-bond acceptors (Lipinski definition) is 14. The van der Waals surface area contributed by atoms with Crippen LogP contribution in [0, 0.1) is 15.5 Å². The second kappa shape index (κ2) is 17.6. The number of aromatic amines is 1. The Hall–Kier alpha value is -5.92. The molecule has 0 unspecified atom stereocenters. The fraction of sp³-hybridized carbons (Fsp3) is 0.429. The molecule has 2 aromatic heterocycles. The van der Waals surface area contributed by atoms with Crippen molar-refractivity contribution in [3.05, 3.63) is 105 Å². The van der Waals surface area contributed by atoms with Crippen LogP contribution in [-0.4, -0.2) is 129 Å². The number of ether oxygens (including phenoxy) is 3. The summed E-state index contributed by atoms with van der Waals surface area (Å²) in [6.45, 7) is 11.5. The molecule has 2 bridgehead atoms. The van der Waals surface area contributed by atoms with Gasteiger partial charge in [0.15, 0.2) is 11.4 Å². The lowest BCUT2D eigenvalue weighted by molar-refractivity contribution is -0.384. The van der Waals surface area contributed by atoms with Gasteiger partial charge in [-0.2, -0.15) is 4.98 Å². The Morgan fingerprint density at radius 3 is 2.59 bits per heavy atom. The predicted octanol–water partition coefficient (Wildman–Crippen LogP) is 7.21. The number of nitrogens with one attached hydrogen (secondary N) is 3. The van der Waals surface area contributed by atoms with Crippen LogP contribution in [0.3, 0.4) is 0 Å². The molecule has 6 aliphatic rings. The van der Waals surface area contributed by atoms with Crippen LogP contribution in [0.25, 0.3) is 16.6 Å². The first-order valence-corrected chi connectivity index (χ1v) is 25.2. The number of aromatic nitrogens is 2. The standard InChI is InChI=1S/C49H54ClN9O8S/c1-49(2)11-9-32(40(24-49)30-3-5-33(50)6-4-30)25-55-13-15-56(16-14-55)35-7-8-39(41(21-35)58-17-18-65-48-43(58)19-31-10-12-51-46(31)53-48)47(60)54-68(63,64)38-22-42(59(61)62)45-44(23-38)67-28-34(52-45)26-57-27-37-20-36(57)29-66-37/h3-8,10,12,19,21-23,34,36-37,52H,9,11,13-18,20,24-29H2,1-2H3,(H,51,53)(H,54,60)/t34-,36+,37+/m1/s1. The highest BCUT2D eigenvalue weighted by Gasteiger charge is 2.41. The van der Waals surface area contributed by atoms with Gasteiger partial charge >= 0.3 is 0 Å². The lowest BCUT2D eigenvalue weighted by Crippen LogP contribution is -2.47. The normalized spacial score (nSPS) is 22.6. The number of anilines is 4. The van der Waals surface area contributed by atoms with Crippen molar-refractivity contribution in [2.75, 3.05) is 87.3 Å². The van der Waals surface area contributed by atoms with Crippen LogP contribution in [0.2, 0.25) is 5.02 Å². The number of amides is 1. The first-order valence-electron chi connectivity index (χ1n) is 23.3.